The third kappa shape index (κ3) is 2.97. The summed E-state index contributed by atoms with van der Waals surface area (Å²) in [6, 6.07) is 2.08. The maximum Gasteiger partial charge on any atom is 0.224 e. The fourth-order valence-electron chi connectivity index (χ4n) is 2.91. The summed E-state index contributed by atoms with van der Waals surface area (Å²) in [5.74, 6) is 1.91. The highest BCUT2D eigenvalue weighted by Gasteiger charge is 2.27. The van der Waals surface area contributed by atoms with Gasteiger partial charge in [-0.2, -0.15) is 0 Å². The highest BCUT2D eigenvalue weighted by atomic mass is 16.5. The van der Waals surface area contributed by atoms with E-state index in [9.17, 15) is 4.79 Å². The second kappa shape index (κ2) is 5.93. The number of benzene rings is 1. The van der Waals surface area contributed by atoms with Crippen molar-refractivity contribution in [2.75, 3.05) is 40.4 Å². The van der Waals surface area contributed by atoms with Crippen LogP contribution in [-0.2, 0) is 24.1 Å². The quantitative estimate of drug-likeness (QED) is 0.870. The van der Waals surface area contributed by atoms with Crippen LogP contribution in [-0.4, -0.2) is 51.2 Å². The van der Waals surface area contributed by atoms with Gasteiger partial charge < -0.3 is 19.7 Å². The summed E-state index contributed by atoms with van der Waals surface area (Å²) in [7, 11) is 3.99. The van der Waals surface area contributed by atoms with Crippen LogP contribution in [0.3, 0.4) is 0 Å². The molecule has 2 aliphatic heterocycles. The average molecular weight is 290 g/mol. The summed E-state index contributed by atoms with van der Waals surface area (Å²) < 4.78 is 11.4. The number of carbonyl (C=O) groups excluding carboxylic acids is 1. The topological polar surface area (TPSA) is 50.8 Å². The molecule has 0 spiro atoms. The highest BCUT2D eigenvalue weighted by molar-refractivity contribution is 5.80. The molecule has 0 aliphatic carbocycles. The lowest BCUT2D eigenvalue weighted by Gasteiger charge is -2.14. The van der Waals surface area contributed by atoms with Gasteiger partial charge in [-0.15, -0.1) is 0 Å². The van der Waals surface area contributed by atoms with Crippen LogP contribution in [0.2, 0.25) is 0 Å². The van der Waals surface area contributed by atoms with Crippen LogP contribution in [0.15, 0.2) is 6.07 Å². The molecule has 0 saturated heterocycles. The molecule has 0 saturated carbocycles. The number of carbonyl (C=O) groups is 1. The van der Waals surface area contributed by atoms with Gasteiger partial charge in [0, 0.05) is 42.6 Å². The van der Waals surface area contributed by atoms with E-state index in [1.54, 1.807) is 0 Å². The van der Waals surface area contributed by atoms with Crippen molar-refractivity contribution in [2.45, 2.75) is 19.3 Å². The smallest absolute Gasteiger partial charge is 0.224 e. The second-order valence-electron chi connectivity index (χ2n) is 5.85. The first kappa shape index (κ1) is 14.2. The first-order chi connectivity index (χ1) is 10.1. The Balaban J connectivity index is 1.74. The Morgan fingerprint density at radius 2 is 2.10 bits per heavy atom. The van der Waals surface area contributed by atoms with E-state index in [1.165, 1.54) is 5.56 Å². The maximum absolute atomic E-state index is 12.2. The molecule has 21 heavy (non-hydrogen) atoms. The Bertz CT molecular complexity index is 523. The van der Waals surface area contributed by atoms with Gasteiger partial charge in [0.15, 0.2) is 0 Å². The number of hydrogen-bond donors (Lipinski definition) is 1. The van der Waals surface area contributed by atoms with Gasteiger partial charge in [0.1, 0.15) is 11.5 Å². The molecular weight excluding hydrogens is 268 g/mol. The van der Waals surface area contributed by atoms with Crippen molar-refractivity contribution >= 4 is 5.91 Å². The zero-order valence-electron chi connectivity index (χ0n) is 12.7. The predicted molar refractivity (Wildman–Crippen MR) is 80.1 cm³/mol. The maximum atomic E-state index is 12.2. The van der Waals surface area contributed by atoms with Crippen LogP contribution in [0.4, 0.5) is 0 Å². The highest BCUT2D eigenvalue weighted by Crippen LogP contribution is 2.40. The van der Waals surface area contributed by atoms with Crippen molar-refractivity contribution in [3.8, 4) is 11.5 Å². The lowest BCUT2D eigenvalue weighted by Crippen LogP contribution is -2.32. The van der Waals surface area contributed by atoms with Crippen LogP contribution < -0.4 is 14.8 Å². The molecule has 1 aromatic rings. The standard InChI is InChI=1S/C16H22N2O3/c1-18(2)6-5-17-15(19)10-13-12-4-8-20-14(12)9-11-3-7-21-16(11)13/h9H,3-8,10H2,1-2H3,(H,17,19). The number of nitrogens with one attached hydrogen (secondary N) is 1. The third-order valence-electron chi connectivity index (χ3n) is 3.98. The van der Waals surface area contributed by atoms with E-state index in [0.29, 0.717) is 26.2 Å². The zero-order chi connectivity index (χ0) is 14.8. The predicted octanol–water partition coefficient (Wildman–Crippen LogP) is 0.777. The summed E-state index contributed by atoms with van der Waals surface area (Å²) in [4.78, 5) is 14.2. The van der Waals surface area contributed by atoms with E-state index in [4.69, 9.17) is 9.47 Å². The molecule has 5 heteroatoms. The van der Waals surface area contributed by atoms with Crippen molar-refractivity contribution in [1.82, 2.24) is 10.2 Å². The number of fused-ring (bicyclic) bond motifs is 2. The van der Waals surface area contributed by atoms with Gasteiger partial charge in [-0.05, 0) is 20.2 Å². The summed E-state index contributed by atoms with van der Waals surface area (Å²) >= 11 is 0. The lowest BCUT2D eigenvalue weighted by molar-refractivity contribution is -0.120. The Morgan fingerprint density at radius 1 is 1.29 bits per heavy atom. The molecule has 2 aliphatic rings. The molecule has 1 amide bonds. The Labute approximate surface area is 125 Å². The van der Waals surface area contributed by atoms with Crippen molar-refractivity contribution in [3.05, 3.63) is 22.8 Å². The number of likely N-dealkylation sites (N-methyl/N-ethyl adjacent to an activating group) is 1. The van der Waals surface area contributed by atoms with E-state index >= 15 is 0 Å². The number of ether oxygens (including phenoxy) is 2. The van der Waals surface area contributed by atoms with Gasteiger partial charge in [0.25, 0.3) is 0 Å². The molecule has 114 valence electrons. The Morgan fingerprint density at radius 3 is 2.90 bits per heavy atom. The molecule has 1 aromatic carbocycles. The van der Waals surface area contributed by atoms with Crippen molar-refractivity contribution < 1.29 is 14.3 Å². The molecule has 0 fully saturated rings. The third-order valence-corrected chi connectivity index (χ3v) is 3.98. The van der Waals surface area contributed by atoms with E-state index in [-0.39, 0.29) is 5.91 Å². The fourth-order valence-corrected chi connectivity index (χ4v) is 2.91. The van der Waals surface area contributed by atoms with Crippen LogP contribution in [0, 0.1) is 0 Å². The number of rotatable bonds is 5. The SMILES string of the molecule is CN(C)CCNC(=O)Cc1c2c(cc3c1OCC3)OCC2. The molecule has 5 nitrogen and oxygen atoms in total. The fraction of sp³-hybridized carbons (Fsp3) is 0.562. The largest absolute Gasteiger partial charge is 0.493 e. The van der Waals surface area contributed by atoms with Gasteiger partial charge in [-0.25, -0.2) is 0 Å². The minimum Gasteiger partial charge on any atom is -0.493 e. The molecule has 3 rings (SSSR count). The molecule has 0 radical (unpaired) electrons. The van der Waals surface area contributed by atoms with Gasteiger partial charge in [-0.1, -0.05) is 0 Å². The summed E-state index contributed by atoms with van der Waals surface area (Å²) in [6.45, 7) is 2.91. The Kier molecular flexibility index (Phi) is 4.01. The molecular formula is C16H22N2O3. The number of amides is 1. The summed E-state index contributed by atoms with van der Waals surface area (Å²) in [5, 5.41) is 2.97. The molecule has 0 aromatic heterocycles. The van der Waals surface area contributed by atoms with Crippen LogP contribution in [0.5, 0.6) is 11.5 Å². The monoisotopic (exact) mass is 290 g/mol. The first-order valence-electron chi connectivity index (χ1n) is 7.50. The van der Waals surface area contributed by atoms with E-state index in [2.05, 4.69) is 16.3 Å². The van der Waals surface area contributed by atoms with Crippen molar-refractivity contribution in [1.29, 1.82) is 0 Å². The zero-order valence-corrected chi connectivity index (χ0v) is 12.7. The number of hydrogen-bond acceptors (Lipinski definition) is 4. The van der Waals surface area contributed by atoms with Crippen molar-refractivity contribution in [3.63, 3.8) is 0 Å². The van der Waals surface area contributed by atoms with E-state index < -0.39 is 0 Å². The second-order valence-corrected chi connectivity index (χ2v) is 5.85. The Hall–Kier alpha value is -1.75. The van der Waals surface area contributed by atoms with Crippen LogP contribution in [0.1, 0.15) is 16.7 Å². The minimum absolute atomic E-state index is 0.0508. The lowest BCUT2D eigenvalue weighted by atomic mass is 9.97. The minimum atomic E-state index is 0.0508. The molecule has 1 N–H and O–H groups in total. The number of nitrogens with zero attached hydrogens (tertiary/aromatic N) is 1. The average Bonchev–Trinajstić information content (AvgIpc) is 3.06. The molecule has 0 atom stereocenters. The van der Waals surface area contributed by atoms with Gasteiger partial charge in [0.05, 0.1) is 19.6 Å². The van der Waals surface area contributed by atoms with E-state index in [0.717, 1.165) is 42.0 Å². The molecule has 0 unspecified atom stereocenters. The van der Waals surface area contributed by atoms with Gasteiger partial charge in [-0.3, -0.25) is 4.79 Å². The van der Waals surface area contributed by atoms with Crippen LogP contribution in [0.25, 0.3) is 0 Å². The van der Waals surface area contributed by atoms with Crippen LogP contribution >= 0.6 is 0 Å². The molecule has 2 heterocycles. The van der Waals surface area contributed by atoms with E-state index in [1.807, 2.05) is 14.1 Å². The summed E-state index contributed by atoms with van der Waals surface area (Å²) in [5.41, 5.74) is 3.35. The summed E-state index contributed by atoms with van der Waals surface area (Å²) in [6.07, 6.45) is 2.15. The normalized spacial score (nSPS) is 15.4. The van der Waals surface area contributed by atoms with Crippen molar-refractivity contribution in [2.24, 2.45) is 0 Å². The first-order valence-corrected chi connectivity index (χ1v) is 7.50. The molecule has 0 bridgehead atoms. The van der Waals surface area contributed by atoms with Gasteiger partial charge >= 0.3 is 0 Å². The van der Waals surface area contributed by atoms with Gasteiger partial charge in [0.2, 0.25) is 5.91 Å².